The van der Waals surface area contributed by atoms with E-state index < -0.39 is 11.8 Å². The number of hydrogen-bond acceptors (Lipinski definition) is 5. The van der Waals surface area contributed by atoms with Crippen LogP contribution in [0.2, 0.25) is 0 Å². The first-order chi connectivity index (χ1) is 13.3. The summed E-state index contributed by atoms with van der Waals surface area (Å²) < 4.78 is 5.96. The molecule has 0 atom stereocenters. The zero-order valence-electron chi connectivity index (χ0n) is 15.9. The van der Waals surface area contributed by atoms with Gasteiger partial charge >= 0.3 is 0 Å². The number of phenols is 1. The Morgan fingerprint density at radius 1 is 1.21 bits per heavy atom. The molecular weight excluding hydrogens is 473 g/mol. The molecule has 0 spiro atoms. The second-order valence-corrected chi connectivity index (χ2v) is 7.28. The standard InChI is InChI=1S/C20H22IN3O4/c1-4-28-17-9-14(8-15(21)20(17)27)11-22-24-19(26)10-18(25)23-16-6-5-12(2)7-13(16)3/h5-9,11,27H,4,10H2,1-3H3,(H,23,25)(H,24,26)/b22-11+. The number of carbonyl (C=O) groups is 2. The van der Waals surface area contributed by atoms with Crippen LogP contribution in [0.5, 0.6) is 11.5 Å². The van der Waals surface area contributed by atoms with Crippen LogP contribution in [0.25, 0.3) is 0 Å². The van der Waals surface area contributed by atoms with E-state index in [4.69, 9.17) is 4.74 Å². The third kappa shape index (κ3) is 6.22. The van der Waals surface area contributed by atoms with E-state index in [1.165, 1.54) is 6.21 Å². The number of halogens is 1. The fourth-order valence-corrected chi connectivity index (χ4v) is 3.07. The Morgan fingerprint density at radius 2 is 1.96 bits per heavy atom. The highest BCUT2D eigenvalue weighted by molar-refractivity contribution is 14.1. The second-order valence-electron chi connectivity index (χ2n) is 6.12. The van der Waals surface area contributed by atoms with Crippen molar-refractivity contribution in [3.05, 3.63) is 50.6 Å². The molecule has 0 saturated carbocycles. The Labute approximate surface area is 177 Å². The van der Waals surface area contributed by atoms with Gasteiger partial charge in [-0.25, -0.2) is 5.43 Å². The largest absolute Gasteiger partial charge is 0.504 e. The predicted molar refractivity (Wildman–Crippen MR) is 117 cm³/mol. The number of hydrazone groups is 1. The average Bonchev–Trinajstić information content (AvgIpc) is 2.61. The predicted octanol–water partition coefficient (Wildman–Crippen LogP) is 3.49. The minimum absolute atomic E-state index is 0.0618. The van der Waals surface area contributed by atoms with Gasteiger partial charge in [0.05, 0.1) is 16.4 Å². The van der Waals surface area contributed by atoms with Crippen molar-refractivity contribution in [2.45, 2.75) is 27.2 Å². The summed E-state index contributed by atoms with van der Waals surface area (Å²) in [5, 5.41) is 16.5. The lowest BCUT2D eigenvalue weighted by atomic mass is 10.1. The fourth-order valence-electron chi connectivity index (χ4n) is 2.45. The number of amides is 2. The van der Waals surface area contributed by atoms with Crippen molar-refractivity contribution >= 4 is 46.3 Å². The molecule has 28 heavy (non-hydrogen) atoms. The Morgan fingerprint density at radius 3 is 2.64 bits per heavy atom. The van der Waals surface area contributed by atoms with Gasteiger partial charge in [0.1, 0.15) is 6.42 Å². The highest BCUT2D eigenvalue weighted by Crippen LogP contribution is 2.32. The molecule has 0 aliphatic heterocycles. The number of phenolic OH excluding ortho intramolecular Hbond substituents is 1. The Balaban J connectivity index is 1.92. The van der Waals surface area contributed by atoms with Gasteiger partial charge in [0.2, 0.25) is 11.8 Å². The van der Waals surface area contributed by atoms with Crippen LogP contribution >= 0.6 is 22.6 Å². The van der Waals surface area contributed by atoms with E-state index in [9.17, 15) is 14.7 Å². The third-order valence-corrected chi connectivity index (χ3v) is 4.55. The first-order valence-electron chi connectivity index (χ1n) is 8.64. The van der Waals surface area contributed by atoms with E-state index in [0.717, 1.165) is 11.1 Å². The molecule has 0 bridgehead atoms. The molecule has 0 aliphatic carbocycles. The van der Waals surface area contributed by atoms with E-state index in [-0.39, 0.29) is 12.2 Å². The molecule has 0 unspecified atom stereocenters. The minimum atomic E-state index is -0.531. The van der Waals surface area contributed by atoms with E-state index in [0.29, 0.717) is 27.2 Å². The highest BCUT2D eigenvalue weighted by Gasteiger charge is 2.11. The maximum Gasteiger partial charge on any atom is 0.249 e. The number of carbonyl (C=O) groups excluding carboxylic acids is 2. The normalized spacial score (nSPS) is 10.7. The Hall–Kier alpha value is -2.62. The number of nitrogens with zero attached hydrogens (tertiary/aromatic N) is 1. The van der Waals surface area contributed by atoms with Gasteiger partial charge in [-0.05, 0) is 72.7 Å². The van der Waals surface area contributed by atoms with E-state index in [1.807, 2.05) is 55.5 Å². The van der Waals surface area contributed by atoms with E-state index in [1.54, 1.807) is 18.2 Å². The first-order valence-corrected chi connectivity index (χ1v) is 9.72. The lowest BCUT2D eigenvalue weighted by Gasteiger charge is -2.09. The number of aromatic hydroxyl groups is 1. The fraction of sp³-hybridized carbons (Fsp3) is 0.250. The maximum atomic E-state index is 12.0. The summed E-state index contributed by atoms with van der Waals surface area (Å²) in [6, 6.07) is 8.96. The van der Waals surface area contributed by atoms with Crippen LogP contribution in [-0.4, -0.2) is 29.7 Å². The molecule has 2 aromatic carbocycles. The van der Waals surface area contributed by atoms with Gasteiger partial charge < -0.3 is 15.2 Å². The molecule has 0 aromatic heterocycles. The quantitative estimate of drug-likeness (QED) is 0.237. The molecule has 2 aromatic rings. The van der Waals surface area contributed by atoms with Crippen molar-refractivity contribution in [3.63, 3.8) is 0 Å². The van der Waals surface area contributed by atoms with Crippen LogP contribution in [0.4, 0.5) is 5.69 Å². The molecular formula is C20H22IN3O4. The summed E-state index contributed by atoms with van der Waals surface area (Å²) in [5.74, 6) is -0.545. The lowest BCUT2D eigenvalue weighted by molar-refractivity contribution is -0.126. The van der Waals surface area contributed by atoms with E-state index in [2.05, 4.69) is 15.8 Å². The first kappa shape index (κ1) is 21.7. The molecule has 0 fully saturated rings. The summed E-state index contributed by atoms with van der Waals surface area (Å²) in [6.45, 7) is 6.09. The topological polar surface area (TPSA) is 100 Å². The number of nitrogens with one attached hydrogen (secondary N) is 2. The van der Waals surface area contributed by atoms with Gasteiger partial charge in [0.25, 0.3) is 0 Å². The number of aryl methyl sites for hydroxylation is 2. The Kier molecular flexibility index (Phi) is 7.80. The lowest BCUT2D eigenvalue weighted by Crippen LogP contribution is -2.24. The zero-order valence-corrected chi connectivity index (χ0v) is 18.0. The molecule has 148 valence electrons. The smallest absolute Gasteiger partial charge is 0.249 e. The molecule has 0 aliphatic rings. The summed E-state index contributed by atoms with van der Waals surface area (Å²) in [4.78, 5) is 23.9. The molecule has 8 heteroatoms. The molecule has 7 nitrogen and oxygen atoms in total. The number of anilines is 1. The zero-order chi connectivity index (χ0) is 20.7. The van der Waals surface area contributed by atoms with E-state index >= 15 is 0 Å². The van der Waals surface area contributed by atoms with Crippen molar-refractivity contribution < 1.29 is 19.4 Å². The highest BCUT2D eigenvalue weighted by atomic mass is 127. The van der Waals surface area contributed by atoms with Crippen LogP contribution in [0, 0.1) is 17.4 Å². The Bertz CT molecular complexity index is 913. The van der Waals surface area contributed by atoms with Crippen molar-refractivity contribution in [1.29, 1.82) is 0 Å². The van der Waals surface area contributed by atoms with Crippen LogP contribution < -0.4 is 15.5 Å². The SMILES string of the molecule is CCOc1cc(/C=N/NC(=O)CC(=O)Nc2ccc(C)cc2C)cc(I)c1O. The number of ether oxygens (including phenoxy) is 1. The minimum Gasteiger partial charge on any atom is -0.504 e. The number of rotatable bonds is 7. The van der Waals surface area contributed by atoms with Crippen molar-refractivity contribution in [1.82, 2.24) is 5.43 Å². The van der Waals surface area contributed by atoms with Gasteiger partial charge in [-0.15, -0.1) is 0 Å². The summed E-state index contributed by atoms with van der Waals surface area (Å²) in [7, 11) is 0. The average molecular weight is 495 g/mol. The summed E-state index contributed by atoms with van der Waals surface area (Å²) >= 11 is 1.98. The molecule has 2 rings (SSSR count). The molecule has 0 saturated heterocycles. The van der Waals surface area contributed by atoms with Crippen molar-refractivity contribution in [3.8, 4) is 11.5 Å². The second kappa shape index (κ2) is 10.1. The van der Waals surface area contributed by atoms with Crippen molar-refractivity contribution in [2.24, 2.45) is 5.10 Å². The van der Waals surface area contributed by atoms with Gasteiger partial charge in [-0.2, -0.15) is 5.10 Å². The van der Waals surface area contributed by atoms with Gasteiger partial charge in [0.15, 0.2) is 11.5 Å². The molecule has 2 amide bonds. The number of hydrogen-bond donors (Lipinski definition) is 3. The molecule has 3 N–H and O–H groups in total. The maximum absolute atomic E-state index is 12.0. The van der Waals surface area contributed by atoms with Crippen LogP contribution in [0.15, 0.2) is 35.4 Å². The van der Waals surface area contributed by atoms with Gasteiger partial charge in [-0.1, -0.05) is 17.7 Å². The van der Waals surface area contributed by atoms with Crippen LogP contribution in [-0.2, 0) is 9.59 Å². The monoisotopic (exact) mass is 495 g/mol. The molecule has 0 radical (unpaired) electrons. The summed E-state index contributed by atoms with van der Waals surface area (Å²) in [6.07, 6.45) is 1.08. The van der Waals surface area contributed by atoms with Crippen LogP contribution in [0.3, 0.4) is 0 Å². The van der Waals surface area contributed by atoms with Gasteiger partial charge in [-0.3, -0.25) is 9.59 Å². The molecule has 0 heterocycles. The number of benzene rings is 2. The van der Waals surface area contributed by atoms with Gasteiger partial charge in [0, 0.05) is 5.69 Å². The van der Waals surface area contributed by atoms with Crippen molar-refractivity contribution in [2.75, 3.05) is 11.9 Å². The third-order valence-electron chi connectivity index (χ3n) is 3.73. The van der Waals surface area contributed by atoms with Crippen LogP contribution in [0.1, 0.15) is 30.0 Å². The summed E-state index contributed by atoms with van der Waals surface area (Å²) in [5.41, 5.74) is 5.67.